The van der Waals surface area contributed by atoms with E-state index in [1.54, 1.807) is 0 Å². The van der Waals surface area contributed by atoms with E-state index in [-0.39, 0.29) is 25.8 Å². The first-order valence-electron chi connectivity index (χ1n) is 11.8. The molecule has 6 heteroatoms. The highest BCUT2D eigenvalue weighted by Gasteiger charge is 2.58. The van der Waals surface area contributed by atoms with E-state index < -0.39 is 5.97 Å². The molecular weight excluding hydrogens is 443 g/mol. The second-order valence-electron chi connectivity index (χ2n) is 12.3. The fraction of sp³-hybridized carbons (Fsp3) is 0.917. The molecule has 8 saturated carbocycles. The quantitative estimate of drug-likeness (QED) is 0.361. The lowest BCUT2D eigenvalue weighted by Gasteiger charge is -2.60. The lowest BCUT2D eigenvalue weighted by molar-refractivity contribution is -0.144. The Morgan fingerprint density at radius 3 is 1.37 bits per heavy atom. The van der Waals surface area contributed by atoms with Crippen molar-refractivity contribution in [1.82, 2.24) is 0 Å². The van der Waals surface area contributed by atoms with Crippen LogP contribution in [0, 0.1) is 34.5 Å². The van der Waals surface area contributed by atoms with Crippen molar-refractivity contribution in [2.24, 2.45) is 34.5 Å². The molecule has 30 heavy (non-hydrogen) atoms. The standard InChI is InChI=1S/C12H16Cl2O.C12H17ClO2/c13-10(15)6-11-2-8-1-9(3-11)5-12(14,4-8)7-11;13-12-4-8-1-9(5-12)3-11(2-8,7-12)6-10(14)15/h8-9H,1-7H2;8-9H,1-7H2,(H,14,15). The SMILES string of the molecule is O=C(Cl)CC12CC3CC(CC(Cl)(C3)C1)C2.O=C(O)CC12CC3CC(CC(Cl)(C3)C1)C2. The predicted octanol–water partition coefficient (Wildman–Crippen LogP) is 6.76. The first-order valence-corrected chi connectivity index (χ1v) is 12.9. The zero-order chi connectivity index (χ0) is 21.4. The molecule has 4 atom stereocenters. The fourth-order valence-corrected chi connectivity index (χ4v) is 11.4. The lowest BCUT2D eigenvalue weighted by atomic mass is 9.48. The van der Waals surface area contributed by atoms with Crippen molar-refractivity contribution in [3.05, 3.63) is 0 Å². The summed E-state index contributed by atoms with van der Waals surface area (Å²) in [5.74, 6) is 2.31. The van der Waals surface area contributed by atoms with Crippen molar-refractivity contribution in [2.45, 2.75) is 99.6 Å². The molecule has 8 fully saturated rings. The molecule has 3 nitrogen and oxygen atoms in total. The number of hydrogen-bond donors (Lipinski definition) is 1. The maximum Gasteiger partial charge on any atom is 0.303 e. The van der Waals surface area contributed by atoms with Crippen LogP contribution in [0.1, 0.15) is 89.9 Å². The Labute approximate surface area is 194 Å². The summed E-state index contributed by atoms with van der Waals surface area (Å²) in [5.41, 5.74) is 0.225. The van der Waals surface area contributed by atoms with E-state index in [0.717, 1.165) is 50.4 Å². The van der Waals surface area contributed by atoms with Crippen LogP contribution in [0.2, 0.25) is 0 Å². The summed E-state index contributed by atoms with van der Waals surface area (Å²) in [6, 6.07) is 0. The largest absolute Gasteiger partial charge is 0.481 e. The minimum atomic E-state index is -0.641. The van der Waals surface area contributed by atoms with E-state index in [1.807, 2.05) is 0 Å². The van der Waals surface area contributed by atoms with Gasteiger partial charge in [0.25, 0.3) is 0 Å². The van der Waals surface area contributed by atoms with Gasteiger partial charge in [0.05, 0.1) is 6.42 Å². The molecule has 168 valence electrons. The molecule has 0 saturated heterocycles. The number of rotatable bonds is 4. The van der Waals surface area contributed by atoms with E-state index in [9.17, 15) is 9.59 Å². The maximum absolute atomic E-state index is 11.2. The van der Waals surface area contributed by atoms with Gasteiger partial charge in [-0.15, -0.1) is 23.2 Å². The summed E-state index contributed by atoms with van der Waals surface area (Å²) in [5, 5.41) is 8.85. The number of aliphatic carboxylic acids is 1. The second kappa shape index (κ2) is 7.26. The molecule has 8 aliphatic carbocycles. The van der Waals surface area contributed by atoms with Crippen molar-refractivity contribution in [2.75, 3.05) is 0 Å². The Kier molecular flexibility index (Phi) is 5.28. The van der Waals surface area contributed by atoms with Gasteiger partial charge in [-0.05, 0) is 123 Å². The van der Waals surface area contributed by atoms with Crippen LogP contribution in [0.15, 0.2) is 0 Å². The van der Waals surface area contributed by atoms with Crippen LogP contribution in [0.25, 0.3) is 0 Å². The molecule has 0 aromatic heterocycles. The number of hydrogen-bond acceptors (Lipinski definition) is 2. The van der Waals surface area contributed by atoms with Crippen molar-refractivity contribution in [3.8, 4) is 0 Å². The molecular formula is C24H33Cl3O3. The monoisotopic (exact) mass is 474 g/mol. The molecule has 4 unspecified atom stereocenters. The van der Waals surface area contributed by atoms with Crippen LogP contribution in [0.5, 0.6) is 0 Å². The molecule has 0 aliphatic heterocycles. The topological polar surface area (TPSA) is 54.4 Å². The van der Waals surface area contributed by atoms with Crippen LogP contribution in [0.3, 0.4) is 0 Å². The molecule has 8 rings (SSSR count). The lowest BCUT2D eigenvalue weighted by Crippen LogP contribution is -2.53. The van der Waals surface area contributed by atoms with Gasteiger partial charge in [-0.1, -0.05) is 0 Å². The molecule has 0 heterocycles. The normalized spacial score (nSPS) is 52.1. The predicted molar refractivity (Wildman–Crippen MR) is 119 cm³/mol. The highest BCUT2D eigenvalue weighted by atomic mass is 35.5. The van der Waals surface area contributed by atoms with E-state index in [4.69, 9.17) is 39.9 Å². The first-order chi connectivity index (χ1) is 14.0. The van der Waals surface area contributed by atoms with Crippen LogP contribution in [-0.2, 0) is 9.59 Å². The average molecular weight is 476 g/mol. The zero-order valence-corrected chi connectivity index (χ0v) is 19.9. The maximum atomic E-state index is 11.2. The Hall–Kier alpha value is 0.01000. The molecule has 8 bridgehead atoms. The number of carboxylic acids is 1. The minimum Gasteiger partial charge on any atom is -0.481 e. The van der Waals surface area contributed by atoms with Crippen LogP contribution < -0.4 is 0 Å². The average Bonchev–Trinajstić information content (AvgIpc) is 2.47. The molecule has 0 amide bonds. The highest BCUT2D eigenvalue weighted by Crippen LogP contribution is 2.66. The number of carbonyl (C=O) groups excluding carboxylic acids is 1. The molecule has 0 radical (unpaired) electrons. The molecule has 0 aromatic carbocycles. The molecule has 1 N–H and O–H groups in total. The summed E-state index contributed by atoms with van der Waals surface area (Å²) < 4.78 is 0. The fourth-order valence-electron chi connectivity index (χ4n) is 9.70. The number of carboxylic acid groups (broad SMARTS) is 1. The third kappa shape index (κ3) is 4.17. The second-order valence-corrected chi connectivity index (χ2v) is 14.4. The van der Waals surface area contributed by atoms with Gasteiger partial charge in [-0.25, -0.2) is 0 Å². The highest BCUT2D eigenvalue weighted by molar-refractivity contribution is 6.63. The van der Waals surface area contributed by atoms with E-state index in [1.165, 1.54) is 38.5 Å². The summed E-state index contributed by atoms with van der Waals surface area (Å²) in [6.45, 7) is 0. The number of halogens is 3. The van der Waals surface area contributed by atoms with Crippen LogP contribution in [0.4, 0.5) is 0 Å². The zero-order valence-electron chi connectivity index (χ0n) is 17.6. The number of carbonyl (C=O) groups is 2. The van der Waals surface area contributed by atoms with Crippen molar-refractivity contribution < 1.29 is 14.7 Å². The Balaban J connectivity index is 0.000000128. The van der Waals surface area contributed by atoms with E-state index in [2.05, 4.69) is 0 Å². The molecule has 0 aromatic rings. The molecule has 8 aliphatic rings. The number of alkyl halides is 2. The van der Waals surface area contributed by atoms with Gasteiger partial charge >= 0.3 is 5.97 Å². The Morgan fingerprint density at radius 1 is 0.700 bits per heavy atom. The summed E-state index contributed by atoms with van der Waals surface area (Å²) in [4.78, 5) is 22.1. The van der Waals surface area contributed by atoms with Gasteiger partial charge in [-0.2, -0.15) is 0 Å². The Morgan fingerprint density at radius 2 is 1.07 bits per heavy atom. The molecule has 0 spiro atoms. The third-order valence-corrected chi connectivity index (χ3v) is 10.3. The van der Waals surface area contributed by atoms with Crippen molar-refractivity contribution >= 4 is 46.0 Å². The van der Waals surface area contributed by atoms with E-state index in [0.29, 0.717) is 24.7 Å². The smallest absolute Gasteiger partial charge is 0.303 e. The first kappa shape index (κ1) is 21.8. The van der Waals surface area contributed by atoms with Gasteiger partial charge in [-0.3, -0.25) is 9.59 Å². The van der Waals surface area contributed by atoms with Gasteiger partial charge in [0.15, 0.2) is 0 Å². The summed E-state index contributed by atoms with van der Waals surface area (Å²) >= 11 is 18.8. The van der Waals surface area contributed by atoms with Gasteiger partial charge in [0.2, 0.25) is 5.24 Å². The van der Waals surface area contributed by atoms with Gasteiger partial charge < -0.3 is 5.11 Å². The van der Waals surface area contributed by atoms with Crippen molar-refractivity contribution in [3.63, 3.8) is 0 Å². The van der Waals surface area contributed by atoms with Crippen molar-refractivity contribution in [1.29, 1.82) is 0 Å². The van der Waals surface area contributed by atoms with Gasteiger partial charge in [0.1, 0.15) is 0 Å². The summed E-state index contributed by atoms with van der Waals surface area (Å²) in [6.07, 6.45) is 14.7. The Bertz CT molecular complexity index is 660. The minimum absolute atomic E-state index is 0.0103. The van der Waals surface area contributed by atoms with Crippen LogP contribution in [-0.4, -0.2) is 26.1 Å². The van der Waals surface area contributed by atoms with Crippen LogP contribution >= 0.6 is 34.8 Å². The van der Waals surface area contributed by atoms with E-state index >= 15 is 0 Å². The summed E-state index contributed by atoms with van der Waals surface area (Å²) in [7, 11) is 0. The third-order valence-electron chi connectivity index (χ3n) is 9.26. The van der Waals surface area contributed by atoms with Gasteiger partial charge in [0, 0.05) is 16.2 Å².